The van der Waals surface area contributed by atoms with Gasteiger partial charge in [0.05, 0.1) is 5.69 Å². The lowest BCUT2D eigenvalue weighted by Crippen LogP contribution is -1.79. The third-order valence-electron chi connectivity index (χ3n) is 1.66. The molecule has 1 aromatic heterocycles. The van der Waals surface area contributed by atoms with E-state index in [0.717, 1.165) is 5.92 Å². The van der Waals surface area contributed by atoms with Gasteiger partial charge in [-0.05, 0) is 12.8 Å². The van der Waals surface area contributed by atoms with E-state index in [1.54, 1.807) is 0 Å². The van der Waals surface area contributed by atoms with Crippen LogP contribution in [0.3, 0.4) is 0 Å². The molecule has 9 heavy (non-hydrogen) atoms. The van der Waals surface area contributed by atoms with Crippen LogP contribution in [0.4, 0.5) is 0 Å². The molecule has 1 heterocycles. The predicted molar refractivity (Wildman–Crippen MR) is 34.0 cm³/mol. The lowest BCUT2D eigenvalue weighted by Gasteiger charge is -1.83. The molecule has 0 unspecified atom stereocenters. The van der Waals surface area contributed by atoms with Gasteiger partial charge in [-0.3, -0.25) is 0 Å². The minimum absolute atomic E-state index is 0.766. The molecule has 1 saturated carbocycles. The summed E-state index contributed by atoms with van der Waals surface area (Å²) >= 11 is 0. The van der Waals surface area contributed by atoms with E-state index in [9.17, 15) is 0 Å². The van der Waals surface area contributed by atoms with E-state index >= 15 is 0 Å². The molecule has 2 rings (SSSR count). The highest BCUT2D eigenvalue weighted by molar-refractivity contribution is 5.10. The molecule has 2 heteroatoms. The van der Waals surface area contributed by atoms with Gasteiger partial charge in [-0.15, -0.1) is 0 Å². The Morgan fingerprint density at radius 2 is 2.56 bits per heavy atom. The fourth-order valence-electron chi connectivity index (χ4n) is 0.969. The van der Waals surface area contributed by atoms with Crippen LogP contribution in [0.15, 0.2) is 6.20 Å². The van der Waals surface area contributed by atoms with Crippen LogP contribution in [0.25, 0.3) is 0 Å². The number of imidazole rings is 1. The zero-order valence-corrected chi connectivity index (χ0v) is 5.46. The Morgan fingerprint density at radius 1 is 1.78 bits per heavy atom. The van der Waals surface area contributed by atoms with Crippen molar-refractivity contribution < 1.29 is 0 Å². The maximum Gasteiger partial charge on any atom is 0.176 e. The molecule has 47 valence electrons. The second kappa shape index (κ2) is 1.59. The Bertz CT molecular complexity index is 210. The van der Waals surface area contributed by atoms with Crippen molar-refractivity contribution in [3.63, 3.8) is 0 Å². The van der Waals surface area contributed by atoms with Crippen LogP contribution in [0.2, 0.25) is 0 Å². The zero-order valence-electron chi connectivity index (χ0n) is 5.46. The topological polar surface area (TPSA) is 17.8 Å². The molecule has 1 radical (unpaired) electrons. The highest BCUT2D eigenvalue weighted by Gasteiger charge is 2.25. The first-order valence-electron chi connectivity index (χ1n) is 3.27. The van der Waals surface area contributed by atoms with Crippen molar-refractivity contribution in [3.05, 3.63) is 18.2 Å². The molecule has 2 nitrogen and oxygen atoms in total. The van der Waals surface area contributed by atoms with Crippen molar-refractivity contribution in [1.29, 1.82) is 0 Å². The summed E-state index contributed by atoms with van der Waals surface area (Å²) in [5.74, 6) is 0.766. The Kier molecular flexibility index (Phi) is 0.891. The average molecular weight is 121 g/mol. The maximum atomic E-state index is 4.12. The molecule has 1 fully saturated rings. The number of rotatable bonds is 1. The average Bonchev–Trinajstić information content (AvgIpc) is 2.58. The summed E-state index contributed by atoms with van der Waals surface area (Å²) in [7, 11) is 1.96. The Hall–Kier alpha value is -0.790. The van der Waals surface area contributed by atoms with Crippen LogP contribution in [-0.2, 0) is 7.05 Å². The van der Waals surface area contributed by atoms with Crippen molar-refractivity contribution in [2.45, 2.75) is 18.8 Å². The molecular formula is C7H9N2. The van der Waals surface area contributed by atoms with E-state index < -0.39 is 0 Å². The summed E-state index contributed by atoms with van der Waals surface area (Å²) in [6.45, 7) is 0. The van der Waals surface area contributed by atoms with E-state index in [-0.39, 0.29) is 0 Å². The van der Waals surface area contributed by atoms with Gasteiger partial charge < -0.3 is 4.57 Å². The molecule has 0 aliphatic heterocycles. The summed E-state index contributed by atoms with van der Waals surface area (Å²) in [5.41, 5.74) is 1.22. The number of hydrogen-bond acceptors (Lipinski definition) is 1. The summed E-state index contributed by atoms with van der Waals surface area (Å²) in [5, 5.41) is 0. The van der Waals surface area contributed by atoms with Gasteiger partial charge in [0.2, 0.25) is 0 Å². The van der Waals surface area contributed by atoms with Crippen LogP contribution in [0.1, 0.15) is 24.5 Å². The van der Waals surface area contributed by atoms with Crippen LogP contribution in [0, 0.1) is 6.33 Å². The molecule has 0 saturated heterocycles. The van der Waals surface area contributed by atoms with Crippen molar-refractivity contribution in [2.24, 2.45) is 7.05 Å². The van der Waals surface area contributed by atoms with Crippen LogP contribution in [-0.4, -0.2) is 9.55 Å². The molecule has 1 aliphatic rings. The summed E-state index contributed by atoms with van der Waals surface area (Å²) in [6.07, 6.45) is 7.56. The smallest absolute Gasteiger partial charge is 0.176 e. The monoisotopic (exact) mass is 121 g/mol. The van der Waals surface area contributed by atoms with E-state index in [1.807, 2.05) is 11.6 Å². The van der Waals surface area contributed by atoms with Gasteiger partial charge in [0.1, 0.15) is 0 Å². The second-order valence-electron chi connectivity index (χ2n) is 2.65. The molecule has 0 atom stereocenters. The van der Waals surface area contributed by atoms with Crippen LogP contribution in [0.5, 0.6) is 0 Å². The van der Waals surface area contributed by atoms with Gasteiger partial charge in [-0.2, -0.15) is 0 Å². The molecule has 1 aromatic rings. The van der Waals surface area contributed by atoms with Gasteiger partial charge in [-0.25, -0.2) is 4.98 Å². The summed E-state index contributed by atoms with van der Waals surface area (Å²) in [6, 6.07) is 0. The first kappa shape index (κ1) is 5.03. The SMILES string of the molecule is Cn1[c]nc(C2CC2)c1. The Labute approximate surface area is 54.5 Å². The molecule has 0 spiro atoms. The lowest BCUT2D eigenvalue weighted by atomic mass is 10.3. The first-order valence-corrected chi connectivity index (χ1v) is 3.27. The third kappa shape index (κ3) is 0.846. The summed E-state index contributed by atoms with van der Waals surface area (Å²) < 4.78 is 1.88. The maximum absolute atomic E-state index is 4.12. The van der Waals surface area contributed by atoms with Crippen molar-refractivity contribution in [2.75, 3.05) is 0 Å². The minimum Gasteiger partial charge on any atom is -0.331 e. The van der Waals surface area contributed by atoms with E-state index in [1.165, 1.54) is 18.5 Å². The Balaban J connectivity index is 2.28. The highest BCUT2D eigenvalue weighted by atomic mass is 15.0. The molecule has 0 bridgehead atoms. The fourth-order valence-corrected chi connectivity index (χ4v) is 0.969. The second-order valence-corrected chi connectivity index (χ2v) is 2.65. The summed E-state index contributed by atoms with van der Waals surface area (Å²) in [4.78, 5) is 4.12. The van der Waals surface area contributed by atoms with Crippen LogP contribution < -0.4 is 0 Å². The number of aromatic nitrogens is 2. The lowest BCUT2D eigenvalue weighted by molar-refractivity contribution is 0.901. The number of nitrogens with zero attached hydrogens (tertiary/aromatic N) is 2. The fraction of sp³-hybridized carbons (Fsp3) is 0.571. The van der Waals surface area contributed by atoms with E-state index in [0.29, 0.717) is 0 Å². The predicted octanol–water partition coefficient (Wildman–Crippen LogP) is 1.10. The number of aryl methyl sites for hydroxylation is 1. The van der Waals surface area contributed by atoms with Gasteiger partial charge in [0.15, 0.2) is 6.33 Å². The largest absolute Gasteiger partial charge is 0.331 e. The zero-order chi connectivity index (χ0) is 6.27. The molecular weight excluding hydrogens is 112 g/mol. The van der Waals surface area contributed by atoms with Crippen molar-refractivity contribution in [1.82, 2.24) is 9.55 Å². The molecule has 0 aromatic carbocycles. The van der Waals surface area contributed by atoms with Gasteiger partial charge in [-0.1, -0.05) is 0 Å². The van der Waals surface area contributed by atoms with Crippen LogP contribution >= 0.6 is 0 Å². The van der Waals surface area contributed by atoms with Gasteiger partial charge in [0.25, 0.3) is 0 Å². The van der Waals surface area contributed by atoms with Crippen molar-refractivity contribution >= 4 is 0 Å². The van der Waals surface area contributed by atoms with Gasteiger partial charge >= 0.3 is 0 Å². The number of hydrogen-bond donors (Lipinski definition) is 0. The Morgan fingerprint density at radius 3 is 3.00 bits per heavy atom. The molecule has 1 aliphatic carbocycles. The van der Waals surface area contributed by atoms with Gasteiger partial charge in [0, 0.05) is 19.2 Å². The van der Waals surface area contributed by atoms with E-state index in [2.05, 4.69) is 17.5 Å². The quantitative estimate of drug-likeness (QED) is 0.544. The van der Waals surface area contributed by atoms with E-state index in [4.69, 9.17) is 0 Å². The highest BCUT2D eigenvalue weighted by Crippen LogP contribution is 2.38. The molecule has 0 N–H and O–H groups in total. The normalized spacial score (nSPS) is 18.3. The first-order chi connectivity index (χ1) is 4.36. The standard InChI is InChI=1S/C7H9N2/c1-9-4-7(8-5-9)6-2-3-6/h4,6H,2-3H2,1H3. The van der Waals surface area contributed by atoms with Crippen molar-refractivity contribution in [3.8, 4) is 0 Å². The minimum atomic E-state index is 0.766. The molecule has 0 amide bonds. The third-order valence-corrected chi connectivity index (χ3v) is 1.66.